The number of aromatic nitrogens is 3. The highest BCUT2D eigenvalue weighted by Gasteiger charge is 2.28. The predicted molar refractivity (Wildman–Crippen MR) is 175 cm³/mol. The number of nitrogens with zero attached hydrogens (tertiary/aromatic N) is 5. The average molecular weight is 625 g/mol. The molecule has 4 heterocycles. The Morgan fingerprint density at radius 1 is 1.02 bits per heavy atom. The van der Waals surface area contributed by atoms with E-state index in [0.717, 1.165) is 60.2 Å². The second-order valence-electron chi connectivity index (χ2n) is 12.5. The Labute approximate surface area is 268 Å². The van der Waals surface area contributed by atoms with Crippen LogP contribution in [0.15, 0.2) is 67.0 Å². The molecule has 0 radical (unpaired) electrons. The fourth-order valence-electron chi connectivity index (χ4n) is 5.88. The third kappa shape index (κ3) is 7.75. The molecule has 6 rings (SSSR count). The highest BCUT2D eigenvalue weighted by atomic mass is 32.1. The van der Waals surface area contributed by atoms with E-state index in [1.54, 1.807) is 17.4 Å². The van der Waals surface area contributed by atoms with Gasteiger partial charge in [-0.3, -0.25) is 19.5 Å². The minimum Gasteiger partial charge on any atom is -0.457 e. The Bertz CT molecular complexity index is 1620. The topological polar surface area (TPSA) is 101 Å². The lowest BCUT2D eigenvalue weighted by molar-refractivity contribution is -0.128. The molecule has 2 saturated heterocycles. The summed E-state index contributed by atoms with van der Waals surface area (Å²) in [6, 6.07) is 17.5. The lowest BCUT2D eigenvalue weighted by Gasteiger charge is -2.32. The quantitative estimate of drug-likeness (QED) is 0.222. The number of ether oxygens (including phenoxy) is 1. The van der Waals surface area contributed by atoms with Crippen LogP contribution in [0.1, 0.15) is 72.4 Å². The molecule has 10 heteroatoms. The number of amides is 2. The molecular weight excluding hydrogens is 584 g/mol. The van der Waals surface area contributed by atoms with Gasteiger partial charge in [-0.25, -0.2) is 0 Å². The number of likely N-dealkylation sites (tertiary alicyclic amines) is 2. The molecule has 234 valence electrons. The molecule has 45 heavy (non-hydrogen) atoms. The van der Waals surface area contributed by atoms with Crippen LogP contribution in [-0.2, 0) is 17.9 Å². The number of hydrogen-bond acceptors (Lipinski definition) is 8. The molecule has 9 nitrogen and oxygen atoms in total. The summed E-state index contributed by atoms with van der Waals surface area (Å²) in [4.78, 5) is 34.4. The van der Waals surface area contributed by atoms with Crippen molar-refractivity contribution in [2.45, 2.75) is 65.1 Å². The highest BCUT2D eigenvalue weighted by molar-refractivity contribution is 7.14. The highest BCUT2D eigenvalue weighted by Crippen LogP contribution is 2.33. The van der Waals surface area contributed by atoms with Crippen LogP contribution >= 0.6 is 11.3 Å². The van der Waals surface area contributed by atoms with Crippen molar-refractivity contribution in [2.75, 3.05) is 19.6 Å². The van der Waals surface area contributed by atoms with Gasteiger partial charge in [-0.15, -0.1) is 10.2 Å². The first kappa shape index (κ1) is 30.9. The number of carbonyl (C=O) groups excluding carboxylic acids is 2. The number of benzene rings is 2. The van der Waals surface area contributed by atoms with Crippen molar-refractivity contribution in [2.24, 2.45) is 5.92 Å². The molecule has 2 fully saturated rings. The van der Waals surface area contributed by atoms with E-state index in [1.807, 2.05) is 65.8 Å². The molecule has 0 spiro atoms. The molecule has 1 N–H and O–H groups in total. The summed E-state index contributed by atoms with van der Waals surface area (Å²) in [6.45, 7) is 10.2. The van der Waals surface area contributed by atoms with Gasteiger partial charge >= 0.3 is 0 Å². The summed E-state index contributed by atoms with van der Waals surface area (Å²) in [6.07, 6.45) is 6.00. The number of piperidine rings is 1. The largest absolute Gasteiger partial charge is 0.457 e. The van der Waals surface area contributed by atoms with Gasteiger partial charge in [0.05, 0.1) is 0 Å². The van der Waals surface area contributed by atoms with Crippen LogP contribution in [0.25, 0.3) is 10.6 Å². The van der Waals surface area contributed by atoms with Crippen molar-refractivity contribution in [1.29, 1.82) is 0 Å². The molecule has 1 unspecified atom stereocenters. The standard InChI is InChI=1S/C35H40N6O3S/c1-23(2)34-38-39-35(45-34)26-6-8-30(9-7-26)44-31-19-27(4-5-28(31)22-41-20-24(3)18-32(41)42)33(43)37-29-12-16-40(17-13-29)21-25-10-14-36-15-11-25/h4-11,14-15,19,23-24,29H,12-13,16-18,20-22H2,1-3H3,(H,37,43). The SMILES string of the molecule is CC1CC(=O)N(Cc2ccc(C(=O)NC3CCN(Cc4ccncc4)CC3)cc2Oc2ccc(-c3nnc(C(C)C)s3)cc2)C1. The second kappa shape index (κ2) is 13.9. The summed E-state index contributed by atoms with van der Waals surface area (Å²) >= 11 is 1.59. The zero-order valence-corrected chi connectivity index (χ0v) is 26.9. The summed E-state index contributed by atoms with van der Waals surface area (Å²) in [7, 11) is 0. The van der Waals surface area contributed by atoms with Gasteiger partial charge in [-0.05, 0) is 72.9 Å². The summed E-state index contributed by atoms with van der Waals surface area (Å²) in [5.74, 6) is 1.91. The molecule has 2 aromatic carbocycles. The van der Waals surface area contributed by atoms with E-state index >= 15 is 0 Å². The molecule has 0 saturated carbocycles. The van der Waals surface area contributed by atoms with Crippen molar-refractivity contribution in [3.63, 3.8) is 0 Å². The molecule has 2 aliphatic rings. The Hall–Kier alpha value is -4.15. The first-order valence-electron chi connectivity index (χ1n) is 15.7. The van der Waals surface area contributed by atoms with E-state index in [1.165, 1.54) is 5.56 Å². The molecule has 2 aliphatic heterocycles. The lowest BCUT2D eigenvalue weighted by Crippen LogP contribution is -2.44. The van der Waals surface area contributed by atoms with Gasteiger partial charge < -0.3 is 15.0 Å². The van der Waals surface area contributed by atoms with Gasteiger partial charge in [0.25, 0.3) is 5.91 Å². The van der Waals surface area contributed by atoms with Crippen LogP contribution < -0.4 is 10.1 Å². The fraction of sp³-hybridized carbons (Fsp3) is 0.400. The van der Waals surface area contributed by atoms with Crippen molar-refractivity contribution in [3.8, 4) is 22.1 Å². The zero-order chi connectivity index (χ0) is 31.3. The first-order chi connectivity index (χ1) is 21.8. The van der Waals surface area contributed by atoms with Gasteiger partial charge in [-0.1, -0.05) is 38.2 Å². The van der Waals surface area contributed by atoms with E-state index < -0.39 is 0 Å². The van der Waals surface area contributed by atoms with Crippen molar-refractivity contribution >= 4 is 23.2 Å². The minimum atomic E-state index is -0.113. The van der Waals surface area contributed by atoms with Gasteiger partial charge in [0.15, 0.2) is 0 Å². The van der Waals surface area contributed by atoms with Crippen molar-refractivity contribution in [1.82, 2.24) is 30.3 Å². The Kier molecular flexibility index (Phi) is 9.51. The van der Waals surface area contributed by atoms with Gasteiger partial charge in [0, 0.05) is 80.2 Å². The summed E-state index contributed by atoms with van der Waals surface area (Å²) in [5.41, 5.74) is 3.64. The number of rotatable bonds is 10. The Balaban J connectivity index is 1.15. The van der Waals surface area contributed by atoms with Crippen LogP contribution in [0.3, 0.4) is 0 Å². The number of nitrogens with one attached hydrogen (secondary N) is 1. The van der Waals surface area contributed by atoms with E-state index in [9.17, 15) is 9.59 Å². The second-order valence-corrected chi connectivity index (χ2v) is 13.5. The summed E-state index contributed by atoms with van der Waals surface area (Å²) < 4.78 is 6.41. The normalized spacial score (nSPS) is 17.6. The average Bonchev–Trinajstić information content (AvgIpc) is 3.66. The molecule has 1 atom stereocenters. The van der Waals surface area contributed by atoms with Crippen LogP contribution in [0, 0.1) is 5.92 Å². The van der Waals surface area contributed by atoms with Crippen LogP contribution in [-0.4, -0.2) is 62.5 Å². The third-order valence-corrected chi connectivity index (χ3v) is 9.71. The van der Waals surface area contributed by atoms with Crippen LogP contribution in [0.2, 0.25) is 0 Å². The molecule has 2 aromatic heterocycles. The Morgan fingerprint density at radius 2 is 1.78 bits per heavy atom. The van der Waals surface area contributed by atoms with Gasteiger partial charge in [-0.2, -0.15) is 0 Å². The third-order valence-electron chi connectivity index (χ3n) is 8.44. The number of hydrogen-bond donors (Lipinski definition) is 1. The van der Waals surface area contributed by atoms with E-state index in [2.05, 4.69) is 46.2 Å². The zero-order valence-electron chi connectivity index (χ0n) is 26.1. The molecule has 4 aromatic rings. The maximum atomic E-state index is 13.4. The van der Waals surface area contributed by atoms with Crippen molar-refractivity contribution < 1.29 is 14.3 Å². The van der Waals surface area contributed by atoms with E-state index in [-0.39, 0.29) is 17.9 Å². The lowest BCUT2D eigenvalue weighted by atomic mass is 10.0. The van der Waals surface area contributed by atoms with Gasteiger partial charge in [0.1, 0.15) is 21.5 Å². The van der Waals surface area contributed by atoms with Crippen LogP contribution in [0.5, 0.6) is 11.5 Å². The molecule has 0 bridgehead atoms. The molecule has 2 amide bonds. The number of carbonyl (C=O) groups is 2. The number of pyridine rings is 1. The van der Waals surface area contributed by atoms with Crippen LogP contribution in [0.4, 0.5) is 0 Å². The minimum absolute atomic E-state index is 0.113. The van der Waals surface area contributed by atoms with E-state index in [0.29, 0.717) is 41.9 Å². The smallest absolute Gasteiger partial charge is 0.251 e. The first-order valence-corrected chi connectivity index (χ1v) is 16.6. The molecule has 0 aliphatic carbocycles. The predicted octanol–water partition coefficient (Wildman–Crippen LogP) is 6.28. The maximum Gasteiger partial charge on any atom is 0.251 e. The van der Waals surface area contributed by atoms with E-state index in [4.69, 9.17) is 4.74 Å². The monoisotopic (exact) mass is 624 g/mol. The van der Waals surface area contributed by atoms with Crippen molar-refractivity contribution in [3.05, 3.63) is 88.7 Å². The molecular formula is C35H40N6O3S. The van der Waals surface area contributed by atoms with Gasteiger partial charge in [0.2, 0.25) is 5.91 Å². The Morgan fingerprint density at radius 3 is 2.44 bits per heavy atom. The maximum absolute atomic E-state index is 13.4. The fourth-order valence-corrected chi connectivity index (χ4v) is 6.73. The summed E-state index contributed by atoms with van der Waals surface area (Å²) in [5, 5.41) is 13.8.